The molecule has 1 aliphatic heterocycles. The van der Waals surface area contributed by atoms with Crippen molar-refractivity contribution in [2.45, 2.75) is 0 Å². The van der Waals surface area contributed by atoms with E-state index in [9.17, 15) is 4.79 Å². The number of hydrogen-bond acceptors (Lipinski definition) is 7. The Hall–Kier alpha value is -3.53. The number of pyridine rings is 1. The number of halogens is 1. The lowest BCUT2D eigenvalue weighted by molar-refractivity contribution is -0.118. The van der Waals surface area contributed by atoms with Crippen molar-refractivity contribution in [2.24, 2.45) is 4.99 Å². The molecule has 0 radical (unpaired) electrons. The maximum absolute atomic E-state index is 15.1. The maximum atomic E-state index is 15.1. The molecule has 0 aromatic carbocycles. The molecule has 0 atom stereocenters. The third-order valence-electron chi connectivity index (χ3n) is 4.44. The Morgan fingerprint density at radius 3 is 2.80 bits per heavy atom. The molecule has 3 rings (SSSR count). The Balaban J connectivity index is 2.08. The number of nitrogens with one attached hydrogen (secondary N) is 2. The number of fused-ring (bicyclic) bond motifs is 1. The van der Waals surface area contributed by atoms with E-state index in [1.54, 1.807) is 58.6 Å². The second-order valence-corrected chi connectivity index (χ2v) is 6.90. The van der Waals surface area contributed by atoms with E-state index in [1.807, 2.05) is 0 Å². The first-order valence-corrected chi connectivity index (χ1v) is 9.17. The van der Waals surface area contributed by atoms with Gasteiger partial charge in [0.2, 0.25) is 5.91 Å². The number of rotatable bonds is 6. The third kappa shape index (κ3) is 4.23. The number of likely N-dealkylation sites (N-methyl/N-ethyl adjacent to an activating group) is 2. The minimum Gasteiger partial charge on any atom is -0.497 e. The highest BCUT2D eigenvalue weighted by molar-refractivity contribution is 6.11. The number of H-pyrrole nitrogens is 1. The van der Waals surface area contributed by atoms with Crippen molar-refractivity contribution in [3.8, 4) is 0 Å². The lowest BCUT2D eigenvalue weighted by Gasteiger charge is -2.17. The van der Waals surface area contributed by atoms with E-state index in [-0.39, 0.29) is 18.1 Å². The number of aromatic amines is 1. The molecule has 9 nitrogen and oxygen atoms in total. The van der Waals surface area contributed by atoms with Crippen LogP contribution in [0.25, 0.3) is 16.6 Å². The fraction of sp³-hybridized carbons (Fsp3) is 0.300. The predicted molar refractivity (Wildman–Crippen MR) is 115 cm³/mol. The second-order valence-electron chi connectivity index (χ2n) is 6.90. The van der Waals surface area contributed by atoms with Gasteiger partial charge < -0.3 is 15.0 Å². The van der Waals surface area contributed by atoms with Gasteiger partial charge in [-0.25, -0.2) is 9.37 Å². The van der Waals surface area contributed by atoms with Gasteiger partial charge in [0, 0.05) is 38.2 Å². The van der Waals surface area contributed by atoms with E-state index in [0.717, 1.165) is 0 Å². The van der Waals surface area contributed by atoms with Gasteiger partial charge in [-0.15, -0.1) is 0 Å². The highest BCUT2D eigenvalue weighted by Crippen LogP contribution is 2.28. The number of methoxy groups -OCH3 is 1. The number of ether oxygens (including phenoxy) is 1. The van der Waals surface area contributed by atoms with E-state index in [0.29, 0.717) is 33.9 Å². The summed E-state index contributed by atoms with van der Waals surface area (Å²) in [7, 11) is 8.34. The summed E-state index contributed by atoms with van der Waals surface area (Å²) in [5.74, 6) is 0.185. The van der Waals surface area contributed by atoms with Crippen LogP contribution in [0.2, 0.25) is 0 Å². The van der Waals surface area contributed by atoms with Crippen molar-refractivity contribution in [3.05, 3.63) is 47.4 Å². The third-order valence-corrected chi connectivity index (χ3v) is 4.44. The molecule has 0 bridgehead atoms. The molecule has 30 heavy (non-hydrogen) atoms. The molecule has 10 heteroatoms. The number of anilines is 1. The number of amides is 1. The molecule has 158 valence electrons. The van der Waals surface area contributed by atoms with Crippen LogP contribution < -0.4 is 10.2 Å². The fourth-order valence-electron chi connectivity index (χ4n) is 2.97. The van der Waals surface area contributed by atoms with Crippen LogP contribution in [0.1, 0.15) is 5.69 Å². The Morgan fingerprint density at radius 2 is 2.13 bits per heavy atom. The van der Waals surface area contributed by atoms with Gasteiger partial charge in [0.15, 0.2) is 17.3 Å². The normalized spacial score (nSPS) is 15.5. The SMILES string of the molecule is C/N=C\C(=C1\C=C(OC)C=CN1)c1nc2[nH]nc(N(C)C(=O)CN(C)C)c2cc1F. The number of dihydropyridines is 1. The average Bonchev–Trinajstić information content (AvgIpc) is 3.13. The molecular formula is C20H24FN7O2. The summed E-state index contributed by atoms with van der Waals surface area (Å²) in [6.07, 6.45) is 6.69. The molecule has 0 fully saturated rings. The molecule has 0 saturated carbocycles. The van der Waals surface area contributed by atoms with Gasteiger partial charge >= 0.3 is 0 Å². The first kappa shape index (κ1) is 21.2. The molecule has 1 amide bonds. The minimum absolute atomic E-state index is 0.0927. The van der Waals surface area contributed by atoms with Crippen LogP contribution in [0.5, 0.6) is 0 Å². The zero-order chi connectivity index (χ0) is 21.8. The summed E-state index contributed by atoms with van der Waals surface area (Å²) < 4.78 is 20.4. The molecule has 1 aliphatic rings. The average molecular weight is 413 g/mol. The number of aliphatic imine (C=N–C) groups is 1. The van der Waals surface area contributed by atoms with Gasteiger partial charge in [0.1, 0.15) is 11.5 Å². The largest absolute Gasteiger partial charge is 0.497 e. The zero-order valence-corrected chi connectivity index (χ0v) is 17.5. The van der Waals surface area contributed by atoms with Crippen LogP contribution in [-0.4, -0.2) is 74.0 Å². The summed E-state index contributed by atoms with van der Waals surface area (Å²) in [5, 5.41) is 10.4. The predicted octanol–water partition coefficient (Wildman–Crippen LogP) is 1.68. The zero-order valence-electron chi connectivity index (χ0n) is 17.5. The van der Waals surface area contributed by atoms with Crippen LogP contribution in [0.4, 0.5) is 10.2 Å². The summed E-state index contributed by atoms with van der Waals surface area (Å²) >= 11 is 0. The quantitative estimate of drug-likeness (QED) is 0.700. The Labute approximate surface area is 173 Å². The summed E-state index contributed by atoms with van der Waals surface area (Å²) in [6, 6.07) is 1.32. The number of carbonyl (C=O) groups excluding carboxylic acids is 1. The standard InChI is InChI=1S/C20H24FN7O2/c1-22-10-14(16-8-12(30-5)6-7-23-16)18-15(21)9-13-19(24-18)25-26-20(13)28(4)17(29)11-27(2)3/h6-10,23H,11H2,1-5H3,(H,24,25,26)/b16-14+,22-10-. The van der Waals surface area contributed by atoms with Crippen LogP contribution in [-0.2, 0) is 9.53 Å². The van der Waals surface area contributed by atoms with Gasteiger partial charge in [0.25, 0.3) is 0 Å². The van der Waals surface area contributed by atoms with Crippen molar-refractivity contribution in [2.75, 3.05) is 46.7 Å². The molecule has 0 saturated heterocycles. The number of hydrogen-bond donors (Lipinski definition) is 2. The topological polar surface area (TPSA) is 98.7 Å². The number of aromatic nitrogens is 3. The second kappa shape index (κ2) is 8.87. The molecule has 0 spiro atoms. The van der Waals surface area contributed by atoms with Crippen LogP contribution in [0.3, 0.4) is 0 Å². The van der Waals surface area contributed by atoms with Crippen molar-refractivity contribution in [1.29, 1.82) is 0 Å². The molecule has 0 aliphatic carbocycles. The van der Waals surface area contributed by atoms with E-state index in [4.69, 9.17) is 4.74 Å². The Morgan fingerprint density at radius 1 is 1.37 bits per heavy atom. The van der Waals surface area contributed by atoms with E-state index in [2.05, 4.69) is 25.5 Å². The molecular weight excluding hydrogens is 389 g/mol. The number of allylic oxidation sites excluding steroid dienone is 3. The highest BCUT2D eigenvalue weighted by Gasteiger charge is 2.22. The van der Waals surface area contributed by atoms with E-state index >= 15 is 4.39 Å². The van der Waals surface area contributed by atoms with Crippen molar-refractivity contribution >= 4 is 34.5 Å². The van der Waals surface area contributed by atoms with Crippen molar-refractivity contribution in [3.63, 3.8) is 0 Å². The first-order valence-electron chi connectivity index (χ1n) is 9.17. The fourth-order valence-corrected chi connectivity index (χ4v) is 2.97. The highest BCUT2D eigenvalue weighted by atomic mass is 19.1. The number of carbonyl (C=O) groups is 1. The van der Waals surface area contributed by atoms with Crippen LogP contribution >= 0.6 is 0 Å². The maximum Gasteiger partial charge on any atom is 0.242 e. The van der Waals surface area contributed by atoms with Gasteiger partial charge in [-0.1, -0.05) is 0 Å². The Bertz CT molecular complexity index is 1080. The lowest BCUT2D eigenvalue weighted by atomic mass is 10.1. The summed E-state index contributed by atoms with van der Waals surface area (Å²) in [6.45, 7) is 0.204. The smallest absolute Gasteiger partial charge is 0.242 e. The number of nitrogens with zero attached hydrogens (tertiary/aromatic N) is 5. The Kier molecular flexibility index (Phi) is 6.26. The van der Waals surface area contributed by atoms with Crippen LogP contribution in [0, 0.1) is 5.82 Å². The van der Waals surface area contributed by atoms with E-state index < -0.39 is 5.82 Å². The van der Waals surface area contributed by atoms with Crippen molar-refractivity contribution in [1.82, 2.24) is 25.4 Å². The molecule has 2 aromatic rings. The molecule has 2 N–H and O–H groups in total. The molecule has 0 unspecified atom stereocenters. The van der Waals surface area contributed by atoms with Gasteiger partial charge in [-0.2, -0.15) is 5.10 Å². The summed E-state index contributed by atoms with van der Waals surface area (Å²) in [4.78, 5) is 24.0. The van der Waals surface area contributed by atoms with Crippen LogP contribution in [0.15, 0.2) is 40.9 Å². The summed E-state index contributed by atoms with van der Waals surface area (Å²) in [5.41, 5.74) is 1.48. The molecule has 3 heterocycles. The minimum atomic E-state index is -0.565. The monoisotopic (exact) mass is 413 g/mol. The van der Waals surface area contributed by atoms with E-state index in [1.165, 1.54) is 17.2 Å². The van der Waals surface area contributed by atoms with Crippen molar-refractivity contribution < 1.29 is 13.9 Å². The van der Waals surface area contributed by atoms with Gasteiger partial charge in [-0.05, 0) is 26.2 Å². The first-order chi connectivity index (χ1) is 14.3. The lowest BCUT2D eigenvalue weighted by Crippen LogP contribution is -2.35. The molecule has 2 aromatic heterocycles. The van der Waals surface area contributed by atoms with Gasteiger partial charge in [-0.3, -0.25) is 19.8 Å². The van der Waals surface area contributed by atoms with Gasteiger partial charge in [0.05, 0.1) is 24.7 Å².